The van der Waals surface area contributed by atoms with E-state index in [0.29, 0.717) is 19.5 Å². The lowest BCUT2D eigenvalue weighted by molar-refractivity contribution is -0.120. The van der Waals surface area contributed by atoms with E-state index in [1.54, 1.807) is 0 Å². The largest absolute Gasteiger partial charge is 0.377 e. The molecule has 90 valence electrons. The molecular formula is C11H19N3O2. The summed E-state index contributed by atoms with van der Waals surface area (Å²) in [6.07, 6.45) is 4.03. The van der Waals surface area contributed by atoms with Crippen LogP contribution in [-0.4, -0.2) is 38.3 Å². The maximum Gasteiger partial charge on any atom is 0.233 e. The summed E-state index contributed by atoms with van der Waals surface area (Å²) in [6, 6.07) is 1.98. The third-order valence-corrected chi connectivity index (χ3v) is 2.49. The van der Waals surface area contributed by atoms with E-state index in [0.717, 1.165) is 26.0 Å². The van der Waals surface area contributed by atoms with E-state index in [4.69, 9.17) is 10.00 Å². The quantitative estimate of drug-likeness (QED) is 0.632. The second-order valence-corrected chi connectivity index (χ2v) is 3.88. The first-order chi connectivity index (χ1) is 7.83. The first-order valence-corrected chi connectivity index (χ1v) is 5.79. The fraction of sp³-hybridized carbons (Fsp3) is 0.818. The number of nitrogens with zero attached hydrogens (tertiary/aromatic N) is 1. The summed E-state index contributed by atoms with van der Waals surface area (Å²) in [5, 5.41) is 14.0. The van der Waals surface area contributed by atoms with Crippen molar-refractivity contribution in [1.29, 1.82) is 5.26 Å². The van der Waals surface area contributed by atoms with Crippen LogP contribution in [0.1, 0.15) is 25.7 Å². The normalized spacial score (nSPS) is 20.1. The van der Waals surface area contributed by atoms with Gasteiger partial charge in [0.15, 0.2) is 0 Å². The Hall–Kier alpha value is -1.12. The number of nitriles is 1. The Morgan fingerprint density at radius 3 is 3.06 bits per heavy atom. The number of amides is 1. The van der Waals surface area contributed by atoms with Crippen molar-refractivity contribution in [2.75, 3.05) is 26.2 Å². The van der Waals surface area contributed by atoms with Crippen LogP contribution in [0.25, 0.3) is 0 Å². The van der Waals surface area contributed by atoms with Gasteiger partial charge in [-0.15, -0.1) is 0 Å². The molecule has 0 saturated carbocycles. The molecule has 1 amide bonds. The number of ether oxygens (including phenoxy) is 1. The van der Waals surface area contributed by atoms with Gasteiger partial charge in [0.25, 0.3) is 0 Å². The van der Waals surface area contributed by atoms with Gasteiger partial charge in [0.1, 0.15) is 0 Å². The van der Waals surface area contributed by atoms with Crippen molar-refractivity contribution in [3.05, 3.63) is 0 Å². The first kappa shape index (κ1) is 12.9. The van der Waals surface area contributed by atoms with Crippen molar-refractivity contribution in [3.63, 3.8) is 0 Å². The number of carbonyl (C=O) groups is 1. The lowest BCUT2D eigenvalue weighted by atomic mass is 10.1. The maximum atomic E-state index is 11.2. The van der Waals surface area contributed by atoms with Gasteiger partial charge in [0.05, 0.1) is 25.1 Å². The van der Waals surface area contributed by atoms with E-state index in [-0.39, 0.29) is 12.0 Å². The zero-order valence-corrected chi connectivity index (χ0v) is 9.50. The van der Waals surface area contributed by atoms with Crippen molar-refractivity contribution in [1.82, 2.24) is 10.6 Å². The van der Waals surface area contributed by atoms with Crippen molar-refractivity contribution in [2.24, 2.45) is 0 Å². The minimum absolute atomic E-state index is 0.0638. The van der Waals surface area contributed by atoms with Gasteiger partial charge in [-0.2, -0.15) is 5.26 Å². The molecule has 1 heterocycles. The molecule has 0 aliphatic carbocycles. The second-order valence-electron chi connectivity index (χ2n) is 3.88. The van der Waals surface area contributed by atoms with Crippen LogP contribution >= 0.6 is 0 Å². The highest BCUT2D eigenvalue weighted by atomic mass is 16.5. The van der Waals surface area contributed by atoms with E-state index >= 15 is 0 Å². The zero-order chi connectivity index (χ0) is 11.6. The molecule has 1 saturated heterocycles. The summed E-state index contributed by atoms with van der Waals surface area (Å²) >= 11 is 0. The highest BCUT2D eigenvalue weighted by Crippen LogP contribution is 2.11. The van der Waals surface area contributed by atoms with Gasteiger partial charge >= 0.3 is 0 Å². The van der Waals surface area contributed by atoms with E-state index in [1.165, 1.54) is 6.42 Å². The molecule has 1 atom stereocenters. The van der Waals surface area contributed by atoms with Gasteiger partial charge in [-0.25, -0.2) is 0 Å². The maximum absolute atomic E-state index is 11.2. The monoisotopic (exact) mass is 225 g/mol. The molecule has 0 aromatic rings. The van der Waals surface area contributed by atoms with Gasteiger partial charge in [-0.05, 0) is 19.3 Å². The van der Waals surface area contributed by atoms with Gasteiger partial charge in [0.2, 0.25) is 5.91 Å². The van der Waals surface area contributed by atoms with E-state index in [2.05, 4.69) is 10.6 Å². The summed E-state index contributed by atoms with van der Waals surface area (Å²) in [4.78, 5) is 11.2. The first-order valence-electron chi connectivity index (χ1n) is 5.79. The minimum Gasteiger partial charge on any atom is -0.377 e. The average molecular weight is 225 g/mol. The molecule has 1 unspecified atom stereocenters. The molecule has 16 heavy (non-hydrogen) atoms. The molecule has 2 N–H and O–H groups in total. The average Bonchev–Trinajstić information content (AvgIpc) is 2.31. The van der Waals surface area contributed by atoms with Crippen molar-refractivity contribution in [2.45, 2.75) is 31.8 Å². The number of hydrogen-bond acceptors (Lipinski definition) is 4. The van der Waals surface area contributed by atoms with Crippen molar-refractivity contribution >= 4 is 5.91 Å². The summed E-state index contributed by atoms with van der Waals surface area (Å²) in [6.45, 7) is 2.29. The second kappa shape index (κ2) is 8.08. The van der Waals surface area contributed by atoms with Crippen LogP contribution in [-0.2, 0) is 9.53 Å². The molecule has 0 bridgehead atoms. The molecular weight excluding hydrogens is 206 g/mol. The van der Waals surface area contributed by atoms with Crippen LogP contribution in [0, 0.1) is 11.3 Å². The van der Waals surface area contributed by atoms with Crippen LogP contribution in [0.15, 0.2) is 0 Å². The van der Waals surface area contributed by atoms with E-state index < -0.39 is 0 Å². The van der Waals surface area contributed by atoms with Crippen molar-refractivity contribution in [3.8, 4) is 6.07 Å². The van der Waals surface area contributed by atoms with Gasteiger partial charge in [-0.1, -0.05) is 0 Å². The molecule has 1 rings (SSSR count). The Labute approximate surface area is 96.2 Å². The number of carbonyl (C=O) groups excluding carboxylic acids is 1. The highest BCUT2D eigenvalue weighted by Gasteiger charge is 2.13. The Balaban J connectivity index is 1.97. The fourth-order valence-electron chi connectivity index (χ4n) is 1.64. The number of rotatable bonds is 6. The Bertz CT molecular complexity index is 244. The SMILES string of the molecule is N#CCCNC(=O)CNCC1CCCCO1. The summed E-state index contributed by atoms with van der Waals surface area (Å²) in [7, 11) is 0. The molecule has 1 aliphatic rings. The van der Waals surface area contributed by atoms with Gasteiger partial charge in [0, 0.05) is 19.7 Å². The summed E-state index contributed by atoms with van der Waals surface area (Å²) < 4.78 is 5.52. The number of hydrogen-bond donors (Lipinski definition) is 2. The predicted octanol–water partition coefficient (Wildman–Crippen LogP) is 0.175. The molecule has 1 aliphatic heterocycles. The standard InChI is InChI=1S/C11H19N3O2/c12-5-3-6-14-11(15)9-13-8-10-4-1-2-7-16-10/h10,13H,1-4,6-9H2,(H,14,15). The van der Waals surface area contributed by atoms with Crippen LogP contribution in [0.2, 0.25) is 0 Å². The van der Waals surface area contributed by atoms with Crippen molar-refractivity contribution < 1.29 is 9.53 Å². The van der Waals surface area contributed by atoms with Crippen LogP contribution in [0.5, 0.6) is 0 Å². The molecule has 0 aromatic carbocycles. The lowest BCUT2D eigenvalue weighted by Gasteiger charge is -2.22. The van der Waals surface area contributed by atoms with Crippen LogP contribution < -0.4 is 10.6 Å². The molecule has 0 spiro atoms. The topological polar surface area (TPSA) is 74.2 Å². The predicted molar refractivity (Wildman–Crippen MR) is 59.7 cm³/mol. The van der Waals surface area contributed by atoms with Crippen LogP contribution in [0.3, 0.4) is 0 Å². The molecule has 1 fully saturated rings. The van der Waals surface area contributed by atoms with E-state index in [1.807, 2.05) is 6.07 Å². The summed E-state index contributed by atoms with van der Waals surface area (Å²) in [5.41, 5.74) is 0. The third-order valence-electron chi connectivity index (χ3n) is 2.49. The Kier molecular flexibility index (Phi) is 6.54. The Morgan fingerprint density at radius 1 is 1.50 bits per heavy atom. The third kappa shape index (κ3) is 5.69. The van der Waals surface area contributed by atoms with Gasteiger partial charge < -0.3 is 15.4 Å². The lowest BCUT2D eigenvalue weighted by Crippen LogP contribution is -2.39. The summed E-state index contributed by atoms with van der Waals surface area (Å²) in [5.74, 6) is -0.0638. The zero-order valence-electron chi connectivity index (χ0n) is 9.50. The smallest absolute Gasteiger partial charge is 0.233 e. The highest BCUT2D eigenvalue weighted by molar-refractivity contribution is 5.77. The van der Waals surface area contributed by atoms with Crippen LogP contribution in [0.4, 0.5) is 0 Å². The minimum atomic E-state index is -0.0638. The molecule has 0 aromatic heterocycles. The molecule has 0 radical (unpaired) electrons. The van der Waals surface area contributed by atoms with E-state index in [9.17, 15) is 4.79 Å². The molecule has 5 heteroatoms. The number of nitrogens with one attached hydrogen (secondary N) is 2. The fourth-order valence-corrected chi connectivity index (χ4v) is 1.64. The van der Waals surface area contributed by atoms with Gasteiger partial charge in [-0.3, -0.25) is 4.79 Å². The Morgan fingerprint density at radius 2 is 2.38 bits per heavy atom. The molecule has 5 nitrogen and oxygen atoms in total.